The van der Waals surface area contributed by atoms with E-state index in [1.165, 1.54) is 0 Å². The summed E-state index contributed by atoms with van der Waals surface area (Å²) < 4.78 is 5.88. The minimum Gasteiger partial charge on any atom is -0.488 e. The number of hydrazone groups is 1. The van der Waals surface area contributed by atoms with Crippen LogP contribution in [-0.4, -0.2) is 17.4 Å². The maximum Gasteiger partial charge on any atom is 0.187 e. The zero-order chi connectivity index (χ0) is 16.5. The van der Waals surface area contributed by atoms with Crippen molar-refractivity contribution >= 4 is 23.5 Å². The highest BCUT2D eigenvalue weighted by Crippen LogP contribution is 2.17. The van der Waals surface area contributed by atoms with Crippen LogP contribution in [0.4, 0.5) is 0 Å². The van der Waals surface area contributed by atoms with Crippen molar-refractivity contribution < 1.29 is 4.74 Å². The number of hydrogen-bond acceptors (Lipinski definition) is 3. The predicted molar refractivity (Wildman–Crippen MR) is 98.8 cm³/mol. The zero-order valence-electron chi connectivity index (χ0n) is 13.3. The molecule has 0 aromatic heterocycles. The number of rotatable bonds is 6. The van der Waals surface area contributed by atoms with Crippen LogP contribution in [0.25, 0.3) is 0 Å². The lowest BCUT2D eigenvalue weighted by Gasteiger charge is -2.10. The normalized spacial score (nSPS) is 10.7. The summed E-state index contributed by atoms with van der Waals surface area (Å²) in [5.41, 5.74) is 4.81. The van der Waals surface area contributed by atoms with Crippen LogP contribution in [0.15, 0.2) is 59.7 Å². The Hall–Kier alpha value is -2.40. The molecule has 2 N–H and O–H groups in total. The van der Waals surface area contributed by atoms with Gasteiger partial charge >= 0.3 is 0 Å². The molecule has 5 heteroatoms. The molecule has 2 aromatic rings. The van der Waals surface area contributed by atoms with E-state index in [0.29, 0.717) is 11.7 Å². The van der Waals surface area contributed by atoms with Gasteiger partial charge in [-0.15, -0.1) is 0 Å². The number of nitrogens with one attached hydrogen (secondary N) is 2. The minimum absolute atomic E-state index is 0.270. The highest BCUT2D eigenvalue weighted by atomic mass is 32.1. The fourth-order valence-corrected chi connectivity index (χ4v) is 2.20. The summed E-state index contributed by atoms with van der Waals surface area (Å²) in [4.78, 5) is 0. The molecule has 0 bridgehead atoms. The van der Waals surface area contributed by atoms with Crippen molar-refractivity contribution in [2.24, 2.45) is 5.10 Å². The SMILES string of the molecule is CC(C)NC(=S)N/N=C\c1ccccc1OCc1ccccc1. The van der Waals surface area contributed by atoms with Crippen LogP contribution in [0, 0.1) is 0 Å². The van der Waals surface area contributed by atoms with Crippen LogP contribution < -0.4 is 15.5 Å². The third kappa shape index (κ3) is 6.08. The number of thiocarbonyl (C=S) groups is 1. The van der Waals surface area contributed by atoms with Gasteiger partial charge in [0, 0.05) is 11.6 Å². The molecule has 0 saturated carbocycles. The van der Waals surface area contributed by atoms with Crippen molar-refractivity contribution in [2.75, 3.05) is 0 Å². The Kier molecular flexibility index (Phi) is 6.56. The van der Waals surface area contributed by atoms with Crippen LogP contribution in [0.3, 0.4) is 0 Å². The van der Waals surface area contributed by atoms with Gasteiger partial charge in [-0.3, -0.25) is 5.43 Å². The van der Waals surface area contributed by atoms with Gasteiger partial charge in [0.2, 0.25) is 0 Å². The summed E-state index contributed by atoms with van der Waals surface area (Å²) in [5, 5.41) is 7.72. The van der Waals surface area contributed by atoms with Gasteiger partial charge in [-0.1, -0.05) is 42.5 Å². The van der Waals surface area contributed by atoms with Crippen LogP contribution in [0.5, 0.6) is 5.75 Å². The van der Waals surface area contributed by atoms with Crippen molar-refractivity contribution in [1.82, 2.24) is 10.7 Å². The molecule has 2 aromatic carbocycles. The molecule has 0 aliphatic rings. The van der Waals surface area contributed by atoms with Gasteiger partial charge in [-0.2, -0.15) is 5.10 Å². The average Bonchev–Trinajstić information content (AvgIpc) is 2.54. The van der Waals surface area contributed by atoms with Gasteiger partial charge in [-0.25, -0.2) is 0 Å². The standard InChI is InChI=1S/C18H21N3OS/c1-14(2)20-18(23)21-19-12-16-10-6-7-11-17(16)22-13-15-8-4-3-5-9-15/h3-12,14H,13H2,1-2H3,(H2,20,21,23)/b19-12-. The third-order valence-corrected chi connectivity index (χ3v) is 3.15. The number of nitrogens with zero attached hydrogens (tertiary/aromatic N) is 1. The molecule has 0 atom stereocenters. The van der Waals surface area contributed by atoms with E-state index < -0.39 is 0 Å². The molecule has 2 rings (SSSR count). The molecule has 0 aliphatic carbocycles. The Morgan fingerprint density at radius 2 is 1.83 bits per heavy atom. The van der Waals surface area contributed by atoms with E-state index in [4.69, 9.17) is 17.0 Å². The molecule has 0 amide bonds. The topological polar surface area (TPSA) is 45.7 Å². The van der Waals surface area contributed by atoms with E-state index in [-0.39, 0.29) is 6.04 Å². The Balaban J connectivity index is 1.96. The van der Waals surface area contributed by atoms with E-state index in [0.717, 1.165) is 16.9 Å². The number of ether oxygens (including phenoxy) is 1. The van der Waals surface area contributed by atoms with E-state index >= 15 is 0 Å². The molecule has 23 heavy (non-hydrogen) atoms. The second-order valence-corrected chi connectivity index (χ2v) is 5.72. The monoisotopic (exact) mass is 327 g/mol. The van der Waals surface area contributed by atoms with Crippen molar-refractivity contribution in [3.05, 3.63) is 65.7 Å². The average molecular weight is 327 g/mol. The van der Waals surface area contributed by atoms with Crippen LogP contribution in [0.1, 0.15) is 25.0 Å². The van der Waals surface area contributed by atoms with Gasteiger partial charge in [0.05, 0.1) is 6.21 Å². The third-order valence-electron chi connectivity index (χ3n) is 2.95. The van der Waals surface area contributed by atoms with Crippen molar-refractivity contribution in [2.45, 2.75) is 26.5 Å². The summed E-state index contributed by atoms with van der Waals surface area (Å²) >= 11 is 5.13. The summed E-state index contributed by atoms with van der Waals surface area (Å²) in [6.07, 6.45) is 1.70. The largest absolute Gasteiger partial charge is 0.488 e. The summed E-state index contributed by atoms with van der Waals surface area (Å²) in [7, 11) is 0. The predicted octanol–water partition coefficient (Wildman–Crippen LogP) is 3.47. The van der Waals surface area contributed by atoms with E-state index in [2.05, 4.69) is 15.8 Å². The van der Waals surface area contributed by atoms with E-state index in [9.17, 15) is 0 Å². The smallest absolute Gasteiger partial charge is 0.187 e. The maximum absolute atomic E-state index is 5.88. The first kappa shape index (κ1) is 17.0. The number of benzene rings is 2. The highest BCUT2D eigenvalue weighted by molar-refractivity contribution is 7.80. The number of para-hydroxylation sites is 1. The quantitative estimate of drug-likeness (QED) is 0.484. The Labute approximate surface area is 142 Å². The van der Waals surface area contributed by atoms with Crippen molar-refractivity contribution in [3.8, 4) is 5.75 Å². The molecule has 120 valence electrons. The first-order valence-corrected chi connectivity index (χ1v) is 7.91. The molecular weight excluding hydrogens is 306 g/mol. The Morgan fingerprint density at radius 3 is 2.57 bits per heavy atom. The first-order chi connectivity index (χ1) is 11.1. The fourth-order valence-electron chi connectivity index (χ4n) is 1.91. The lowest BCUT2D eigenvalue weighted by atomic mass is 10.2. The van der Waals surface area contributed by atoms with Gasteiger partial charge in [0.1, 0.15) is 12.4 Å². The molecule has 0 heterocycles. The molecule has 0 saturated heterocycles. The van der Waals surface area contributed by atoms with Crippen LogP contribution in [-0.2, 0) is 6.61 Å². The Bertz CT molecular complexity index is 656. The Morgan fingerprint density at radius 1 is 1.13 bits per heavy atom. The maximum atomic E-state index is 5.88. The lowest BCUT2D eigenvalue weighted by Crippen LogP contribution is -2.36. The van der Waals surface area contributed by atoms with Gasteiger partial charge in [0.25, 0.3) is 0 Å². The first-order valence-electron chi connectivity index (χ1n) is 7.50. The molecule has 0 aliphatic heterocycles. The van der Waals surface area contributed by atoms with Crippen molar-refractivity contribution in [3.63, 3.8) is 0 Å². The fraction of sp³-hybridized carbons (Fsp3) is 0.222. The van der Waals surface area contributed by atoms with Gasteiger partial charge in [-0.05, 0) is 43.8 Å². The molecule has 0 unspecified atom stereocenters. The molecular formula is C18H21N3OS. The van der Waals surface area contributed by atoms with E-state index in [1.807, 2.05) is 68.4 Å². The van der Waals surface area contributed by atoms with Crippen molar-refractivity contribution in [1.29, 1.82) is 0 Å². The molecule has 0 radical (unpaired) electrons. The summed E-state index contributed by atoms with van der Waals surface area (Å²) in [6.45, 7) is 4.56. The second kappa shape index (κ2) is 8.90. The zero-order valence-corrected chi connectivity index (χ0v) is 14.1. The lowest BCUT2D eigenvalue weighted by molar-refractivity contribution is 0.306. The molecule has 0 fully saturated rings. The van der Waals surface area contributed by atoms with Crippen LogP contribution >= 0.6 is 12.2 Å². The van der Waals surface area contributed by atoms with Gasteiger partial charge < -0.3 is 10.1 Å². The highest BCUT2D eigenvalue weighted by Gasteiger charge is 2.01. The van der Waals surface area contributed by atoms with Gasteiger partial charge in [0.15, 0.2) is 5.11 Å². The van der Waals surface area contributed by atoms with E-state index in [1.54, 1.807) is 6.21 Å². The summed E-state index contributed by atoms with van der Waals surface area (Å²) in [6, 6.07) is 18.1. The summed E-state index contributed by atoms with van der Waals surface area (Å²) in [5.74, 6) is 0.782. The number of hydrogen-bond donors (Lipinski definition) is 2. The van der Waals surface area contributed by atoms with Crippen LogP contribution in [0.2, 0.25) is 0 Å². The second-order valence-electron chi connectivity index (χ2n) is 5.31. The minimum atomic E-state index is 0.270. The molecule has 4 nitrogen and oxygen atoms in total. The molecule has 0 spiro atoms.